The largest absolute Gasteiger partial charge is 0.419 e. The number of alkyl halides is 4. The zero-order valence-electron chi connectivity index (χ0n) is 13.6. The molecule has 1 aromatic heterocycles. The number of allylic oxidation sites excluding steroid dienone is 1. The molecule has 1 aliphatic carbocycles. The van der Waals surface area contributed by atoms with Crippen LogP contribution in [0.5, 0.6) is 0 Å². The molecule has 1 aromatic carbocycles. The Hall–Kier alpha value is -2.15. The zero-order valence-corrected chi connectivity index (χ0v) is 14.4. The third-order valence-electron chi connectivity index (χ3n) is 4.20. The van der Waals surface area contributed by atoms with Gasteiger partial charge in [-0.25, -0.2) is 4.39 Å². The van der Waals surface area contributed by atoms with Crippen LogP contribution in [0.25, 0.3) is 17.3 Å². The molecule has 26 heavy (non-hydrogen) atoms. The number of aryl methyl sites for hydroxylation is 1. The molecule has 0 aliphatic heterocycles. The first kappa shape index (κ1) is 18.6. The van der Waals surface area contributed by atoms with Gasteiger partial charge in [0, 0.05) is 29.2 Å². The molecule has 0 bridgehead atoms. The minimum Gasteiger partial charge on any atom is -0.287 e. The van der Waals surface area contributed by atoms with Crippen molar-refractivity contribution in [3.8, 4) is 11.3 Å². The van der Waals surface area contributed by atoms with Gasteiger partial charge in [-0.15, -0.1) is 11.6 Å². The summed E-state index contributed by atoms with van der Waals surface area (Å²) in [6.07, 6.45) is 0.453. The van der Waals surface area contributed by atoms with E-state index in [2.05, 4.69) is 5.10 Å². The van der Waals surface area contributed by atoms with Gasteiger partial charge in [0.1, 0.15) is 11.5 Å². The van der Waals surface area contributed by atoms with Crippen LogP contribution in [0, 0.1) is 5.82 Å². The first-order valence-corrected chi connectivity index (χ1v) is 8.60. The highest BCUT2D eigenvalue weighted by molar-refractivity contribution is 6.17. The molecule has 0 saturated heterocycles. The molecule has 0 fully saturated rings. The molecule has 0 N–H and O–H groups in total. The van der Waals surface area contributed by atoms with Crippen LogP contribution in [-0.2, 0) is 19.1 Å². The maximum atomic E-state index is 14.5. The van der Waals surface area contributed by atoms with Crippen LogP contribution in [-0.4, -0.2) is 15.7 Å². The first-order chi connectivity index (χ1) is 12.3. The van der Waals surface area contributed by atoms with Crippen molar-refractivity contribution in [2.24, 2.45) is 0 Å². The van der Waals surface area contributed by atoms with Gasteiger partial charge in [-0.1, -0.05) is 18.2 Å². The Morgan fingerprint density at radius 2 is 2.04 bits per heavy atom. The zero-order chi connectivity index (χ0) is 18.9. The lowest BCUT2D eigenvalue weighted by molar-refractivity contribution is -0.139. The van der Waals surface area contributed by atoms with E-state index in [-0.39, 0.29) is 5.69 Å². The molecule has 1 heterocycles. The maximum Gasteiger partial charge on any atom is 0.419 e. The molecular weight excluding hydrogens is 372 g/mol. The topological polar surface area (TPSA) is 34.9 Å². The number of rotatable bonds is 4. The number of halogens is 5. The third-order valence-corrected chi connectivity index (χ3v) is 4.47. The van der Waals surface area contributed by atoms with Crippen LogP contribution in [0.2, 0.25) is 0 Å². The molecule has 3 rings (SSSR count). The molecule has 0 amide bonds. The average Bonchev–Trinajstić information content (AvgIpc) is 2.61. The smallest absolute Gasteiger partial charge is 0.287 e. The molecular formula is C18H15ClF4N2O. The summed E-state index contributed by atoms with van der Waals surface area (Å²) in [7, 11) is 0. The van der Waals surface area contributed by atoms with Crippen LogP contribution < -0.4 is 5.43 Å². The minimum absolute atomic E-state index is 0.325. The first-order valence-electron chi connectivity index (χ1n) is 8.07. The van der Waals surface area contributed by atoms with E-state index in [0.717, 1.165) is 18.6 Å². The van der Waals surface area contributed by atoms with E-state index in [1.807, 2.05) is 6.08 Å². The molecule has 0 saturated carbocycles. The summed E-state index contributed by atoms with van der Waals surface area (Å²) < 4.78 is 55.0. The van der Waals surface area contributed by atoms with Gasteiger partial charge in [-0.05, 0) is 31.4 Å². The van der Waals surface area contributed by atoms with Crippen LogP contribution >= 0.6 is 11.6 Å². The molecule has 2 aromatic rings. The highest BCUT2D eigenvalue weighted by Gasteiger charge is 2.35. The Morgan fingerprint density at radius 3 is 2.73 bits per heavy atom. The van der Waals surface area contributed by atoms with E-state index < -0.39 is 28.5 Å². The summed E-state index contributed by atoms with van der Waals surface area (Å²) >= 11 is 5.72. The van der Waals surface area contributed by atoms with Gasteiger partial charge < -0.3 is 0 Å². The molecule has 138 valence electrons. The predicted octanol–water partition coefficient (Wildman–Crippen LogP) is 4.66. The standard InChI is InChI=1S/C18H15ClF4N2O/c19-9-4-10-25-14-8-2-1-5-11(14)17(26)16(24-25)12-6-3-7-13(15(12)20)18(21,22)23/h1,3,5-7H,2,4,8-10H2. The van der Waals surface area contributed by atoms with Crippen LogP contribution in [0.4, 0.5) is 17.6 Å². The number of hydrogen-bond acceptors (Lipinski definition) is 2. The highest BCUT2D eigenvalue weighted by Crippen LogP contribution is 2.34. The summed E-state index contributed by atoms with van der Waals surface area (Å²) in [5.74, 6) is -1.13. The number of hydrogen-bond donors (Lipinski definition) is 0. The van der Waals surface area contributed by atoms with Gasteiger partial charge in [0.15, 0.2) is 0 Å². The number of benzene rings is 1. The Kier molecular flexibility index (Phi) is 5.18. The summed E-state index contributed by atoms with van der Waals surface area (Å²) in [4.78, 5) is 12.8. The quantitative estimate of drug-likeness (QED) is 0.566. The van der Waals surface area contributed by atoms with E-state index in [1.165, 1.54) is 0 Å². The number of nitrogens with zero attached hydrogens (tertiary/aromatic N) is 2. The molecule has 3 nitrogen and oxygen atoms in total. The number of aromatic nitrogens is 2. The van der Waals surface area contributed by atoms with Crippen LogP contribution in [0.3, 0.4) is 0 Å². The Bertz CT molecular complexity index is 919. The molecule has 0 radical (unpaired) electrons. The van der Waals surface area contributed by atoms with E-state index in [9.17, 15) is 22.4 Å². The lowest BCUT2D eigenvalue weighted by atomic mass is 9.99. The van der Waals surface area contributed by atoms with E-state index in [1.54, 1.807) is 10.8 Å². The lowest BCUT2D eigenvalue weighted by Gasteiger charge is -2.19. The van der Waals surface area contributed by atoms with Gasteiger partial charge in [0.25, 0.3) is 0 Å². The molecule has 1 aliphatic rings. The second-order valence-electron chi connectivity index (χ2n) is 5.91. The van der Waals surface area contributed by atoms with E-state index >= 15 is 0 Å². The summed E-state index contributed by atoms with van der Waals surface area (Å²) in [6, 6.07) is 2.85. The minimum atomic E-state index is -4.86. The second kappa shape index (κ2) is 7.23. The van der Waals surface area contributed by atoms with Crippen LogP contribution in [0.1, 0.15) is 29.7 Å². The van der Waals surface area contributed by atoms with Crippen molar-refractivity contribution >= 4 is 17.7 Å². The van der Waals surface area contributed by atoms with Gasteiger partial charge in [0.05, 0.1) is 5.56 Å². The van der Waals surface area contributed by atoms with Crippen molar-refractivity contribution in [3.05, 3.63) is 57.1 Å². The van der Waals surface area contributed by atoms with Crippen molar-refractivity contribution in [2.45, 2.75) is 32.0 Å². The fourth-order valence-corrected chi connectivity index (χ4v) is 3.10. The lowest BCUT2D eigenvalue weighted by Crippen LogP contribution is -2.25. The molecule has 8 heteroatoms. The highest BCUT2D eigenvalue weighted by atomic mass is 35.5. The van der Waals surface area contributed by atoms with Gasteiger partial charge in [-0.2, -0.15) is 18.3 Å². The van der Waals surface area contributed by atoms with Gasteiger partial charge >= 0.3 is 6.18 Å². The Labute approximate surface area is 151 Å². The Balaban J connectivity index is 2.24. The van der Waals surface area contributed by atoms with Crippen molar-refractivity contribution in [2.75, 3.05) is 5.88 Å². The van der Waals surface area contributed by atoms with Crippen molar-refractivity contribution < 1.29 is 17.6 Å². The second-order valence-corrected chi connectivity index (χ2v) is 6.29. The van der Waals surface area contributed by atoms with Crippen molar-refractivity contribution in [3.63, 3.8) is 0 Å². The molecule has 0 unspecified atom stereocenters. The summed E-state index contributed by atoms with van der Waals surface area (Å²) in [5, 5.41) is 4.18. The molecule has 0 spiro atoms. The van der Waals surface area contributed by atoms with Gasteiger partial charge in [-0.3, -0.25) is 9.48 Å². The summed E-state index contributed by atoms with van der Waals surface area (Å²) in [6.45, 7) is 0.396. The maximum absolute atomic E-state index is 14.5. The fraction of sp³-hybridized carbons (Fsp3) is 0.333. The summed E-state index contributed by atoms with van der Waals surface area (Å²) in [5.41, 5.74) is -1.74. The fourth-order valence-electron chi connectivity index (χ4n) is 2.99. The predicted molar refractivity (Wildman–Crippen MR) is 91.6 cm³/mol. The third kappa shape index (κ3) is 3.40. The van der Waals surface area contributed by atoms with E-state index in [0.29, 0.717) is 42.6 Å². The Morgan fingerprint density at radius 1 is 1.27 bits per heavy atom. The average molecular weight is 387 g/mol. The normalized spacial score (nSPS) is 13.7. The molecule has 0 atom stereocenters. The SMILES string of the molecule is O=c1c(-c2cccc(C(F)(F)F)c2F)nn(CCCCl)c2c1C=CCC2. The van der Waals surface area contributed by atoms with E-state index in [4.69, 9.17) is 11.6 Å². The van der Waals surface area contributed by atoms with Gasteiger partial charge in [0.2, 0.25) is 5.43 Å². The number of fused-ring (bicyclic) bond motifs is 1. The van der Waals surface area contributed by atoms with Crippen molar-refractivity contribution in [1.29, 1.82) is 0 Å². The monoisotopic (exact) mass is 386 g/mol. The van der Waals surface area contributed by atoms with Crippen LogP contribution in [0.15, 0.2) is 29.1 Å². The van der Waals surface area contributed by atoms with Crippen molar-refractivity contribution in [1.82, 2.24) is 9.78 Å².